The molecule has 1 aromatic carbocycles. The first kappa shape index (κ1) is 21.6. The Bertz CT molecular complexity index is 1400. The monoisotopic (exact) mass is 452 g/mol. The van der Waals surface area contributed by atoms with Crippen molar-refractivity contribution in [1.29, 1.82) is 0 Å². The molecule has 164 valence electrons. The number of hydrogen-bond acceptors (Lipinski definition) is 5. The summed E-state index contributed by atoms with van der Waals surface area (Å²) in [5.41, 5.74) is 2.44. The maximum atomic E-state index is 13.3. The highest BCUT2D eigenvalue weighted by Crippen LogP contribution is 2.25. The van der Waals surface area contributed by atoms with Crippen LogP contribution in [0, 0.1) is 5.82 Å². The number of nitrogens with zero attached hydrogens (tertiary/aromatic N) is 3. The molecule has 0 saturated heterocycles. The molecule has 0 radical (unpaired) electrons. The van der Waals surface area contributed by atoms with Crippen molar-refractivity contribution >= 4 is 26.6 Å². The minimum atomic E-state index is -3.41. The number of carbonyl (C=O) groups is 1. The van der Waals surface area contributed by atoms with Crippen molar-refractivity contribution in [2.75, 3.05) is 6.26 Å². The van der Waals surface area contributed by atoms with Gasteiger partial charge in [0.2, 0.25) is 0 Å². The van der Waals surface area contributed by atoms with Crippen molar-refractivity contribution in [3.05, 3.63) is 84.3 Å². The lowest BCUT2D eigenvalue weighted by Crippen LogP contribution is -2.28. The van der Waals surface area contributed by atoms with Gasteiger partial charge in [-0.1, -0.05) is 6.92 Å². The fourth-order valence-corrected chi connectivity index (χ4v) is 4.15. The summed E-state index contributed by atoms with van der Waals surface area (Å²) in [6.07, 6.45) is 9.43. The number of sulfone groups is 1. The number of amides is 1. The van der Waals surface area contributed by atoms with Crippen LogP contribution in [0.1, 0.15) is 35.3 Å². The molecule has 1 atom stereocenters. The van der Waals surface area contributed by atoms with E-state index in [-0.39, 0.29) is 16.6 Å². The zero-order chi connectivity index (χ0) is 22.9. The van der Waals surface area contributed by atoms with E-state index in [1.165, 1.54) is 30.6 Å². The molecule has 32 heavy (non-hydrogen) atoms. The summed E-state index contributed by atoms with van der Waals surface area (Å²) >= 11 is 0. The van der Waals surface area contributed by atoms with E-state index in [4.69, 9.17) is 0 Å². The van der Waals surface area contributed by atoms with Crippen molar-refractivity contribution in [2.45, 2.75) is 24.3 Å². The van der Waals surface area contributed by atoms with E-state index < -0.39 is 15.9 Å². The zero-order valence-corrected chi connectivity index (χ0v) is 18.3. The molecule has 1 amide bonds. The van der Waals surface area contributed by atoms with Crippen molar-refractivity contribution in [3.63, 3.8) is 0 Å². The Morgan fingerprint density at radius 3 is 2.50 bits per heavy atom. The van der Waals surface area contributed by atoms with E-state index in [9.17, 15) is 17.6 Å². The standard InChI is InChI=1S/C23H21FN4O3S/c1-3-21(15-10-18(12-25-11-15)32(2,30)31)27-23(29)20-13-26-14-22-19(20)8-9-28(22)17-6-4-16(24)5-7-17/h4-14,21H,3H2,1-2H3,(H,27,29). The van der Waals surface area contributed by atoms with Gasteiger partial charge in [-0.3, -0.25) is 14.8 Å². The Kier molecular flexibility index (Phi) is 5.75. The van der Waals surface area contributed by atoms with Crippen LogP contribution < -0.4 is 5.32 Å². The quantitative estimate of drug-likeness (QED) is 0.480. The molecule has 3 aromatic heterocycles. The number of carbonyl (C=O) groups excluding carboxylic acids is 1. The van der Waals surface area contributed by atoms with Crippen molar-refractivity contribution in [2.24, 2.45) is 0 Å². The average Bonchev–Trinajstić information content (AvgIpc) is 3.21. The first-order valence-corrected chi connectivity index (χ1v) is 11.8. The van der Waals surface area contributed by atoms with Crippen LogP contribution in [0.15, 0.2) is 72.3 Å². The molecule has 0 fully saturated rings. The van der Waals surface area contributed by atoms with Crippen molar-refractivity contribution in [3.8, 4) is 5.69 Å². The Hall–Kier alpha value is -3.59. The van der Waals surface area contributed by atoms with Gasteiger partial charge < -0.3 is 9.88 Å². The highest BCUT2D eigenvalue weighted by molar-refractivity contribution is 7.90. The van der Waals surface area contributed by atoms with Crippen LogP contribution in [0.2, 0.25) is 0 Å². The summed E-state index contributed by atoms with van der Waals surface area (Å²) in [4.78, 5) is 21.5. The van der Waals surface area contributed by atoms with Gasteiger partial charge in [0.05, 0.1) is 28.2 Å². The summed E-state index contributed by atoms with van der Waals surface area (Å²) in [5, 5.41) is 3.65. The molecule has 0 aliphatic heterocycles. The van der Waals surface area contributed by atoms with Crippen LogP contribution in [-0.4, -0.2) is 35.1 Å². The summed E-state index contributed by atoms with van der Waals surface area (Å²) in [6.45, 7) is 1.89. The van der Waals surface area contributed by atoms with Crippen molar-refractivity contribution in [1.82, 2.24) is 19.9 Å². The van der Waals surface area contributed by atoms with E-state index in [1.807, 2.05) is 17.6 Å². The molecule has 4 aromatic rings. The highest BCUT2D eigenvalue weighted by Gasteiger charge is 2.19. The van der Waals surface area contributed by atoms with Gasteiger partial charge in [0.1, 0.15) is 5.82 Å². The molecule has 0 spiro atoms. The van der Waals surface area contributed by atoms with Gasteiger partial charge in [0.15, 0.2) is 9.84 Å². The van der Waals surface area contributed by atoms with E-state index in [0.29, 0.717) is 28.5 Å². The van der Waals surface area contributed by atoms with Crippen LogP contribution in [0.3, 0.4) is 0 Å². The largest absolute Gasteiger partial charge is 0.345 e. The molecule has 1 N–H and O–H groups in total. The minimum Gasteiger partial charge on any atom is -0.345 e. The summed E-state index contributed by atoms with van der Waals surface area (Å²) in [5.74, 6) is -0.667. The Balaban J connectivity index is 1.66. The summed E-state index contributed by atoms with van der Waals surface area (Å²) in [7, 11) is -3.41. The summed E-state index contributed by atoms with van der Waals surface area (Å²) < 4.78 is 38.8. The molecule has 0 bridgehead atoms. The first-order valence-electron chi connectivity index (χ1n) is 9.95. The maximum absolute atomic E-state index is 13.3. The maximum Gasteiger partial charge on any atom is 0.254 e. The fourth-order valence-electron chi connectivity index (χ4n) is 3.55. The van der Waals surface area contributed by atoms with Gasteiger partial charge >= 0.3 is 0 Å². The number of aromatic nitrogens is 3. The first-order chi connectivity index (χ1) is 15.3. The normalized spacial score (nSPS) is 12.6. The third-order valence-corrected chi connectivity index (χ3v) is 6.32. The lowest BCUT2D eigenvalue weighted by atomic mass is 10.1. The lowest BCUT2D eigenvalue weighted by molar-refractivity contribution is 0.0937. The lowest BCUT2D eigenvalue weighted by Gasteiger charge is -2.18. The smallest absolute Gasteiger partial charge is 0.254 e. The summed E-state index contributed by atoms with van der Waals surface area (Å²) in [6, 6.07) is 8.95. The number of rotatable bonds is 6. The van der Waals surface area contributed by atoms with Gasteiger partial charge in [-0.05, 0) is 48.4 Å². The Morgan fingerprint density at radius 1 is 1.09 bits per heavy atom. The number of nitrogens with one attached hydrogen (secondary N) is 1. The number of halogens is 1. The van der Waals surface area contributed by atoms with Crippen LogP contribution in [-0.2, 0) is 9.84 Å². The number of benzene rings is 1. The van der Waals surface area contributed by atoms with Crippen LogP contribution in [0.25, 0.3) is 16.6 Å². The van der Waals surface area contributed by atoms with Gasteiger partial charge in [-0.15, -0.1) is 0 Å². The van der Waals surface area contributed by atoms with Gasteiger partial charge in [0, 0.05) is 42.1 Å². The van der Waals surface area contributed by atoms with Crippen LogP contribution in [0.5, 0.6) is 0 Å². The molecule has 1 unspecified atom stereocenters. The predicted octanol–water partition coefficient (Wildman–Crippen LogP) is 3.84. The number of pyridine rings is 2. The Labute approximate surface area is 184 Å². The third kappa shape index (κ3) is 4.24. The van der Waals surface area contributed by atoms with E-state index in [2.05, 4.69) is 15.3 Å². The fraction of sp³-hybridized carbons (Fsp3) is 0.174. The van der Waals surface area contributed by atoms with Crippen molar-refractivity contribution < 1.29 is 17.6 Å². The van der Waals surface area contributed by atoms with Crippen LogP contribution in [0.4, 0.5) is 4.39 Å². The number of fused-ring (bicyclic) bond motifs is 1. The Morgan fingerprint density at radius 2 is 1.81 bits per heavy atom. The zero-order valence-electron chi connectivity index (χ0n) is 17.5. The average molecular weight is 453 g/mol. The minimum absolute atomic E-state index is 0.0999. The molecule has 4 rings (SSSR count). The number of hydrogen-bond donors (Lipinski definition) is 1. The van der Waals surface area contributed by atoms with E-state index in [1.54, 1.807) is 30.7 Å². The highest BCUT2D eigenvalue weighted by atomic mass is 32.2. The SMILES string of the molecule is CCC(NC(=O)c1cncc2c1ccn2-c1ccc(F)cc1)c1cncc(S(C)(=O)=O)c1. The second-order valence-corrected chi connectivity index (χ2v) is 9.46. The molecular weight excluding hydrogens is 431 g/mol. The molecule has 7 nitrogen and oxygen atoms in total. The van der Waals surface area contributed by atoms with E-state index in [0.717, 1.165) is 11.9 Å². The molecule has 9 heteroatoms. The second-order valence-electron chi connectivity index (χ2n) is 7.44. The topological polar surface area (TPSA) is 93.9 Å². The molecule has 0 aliphatic carbocycles. The van der Waals surface area contributed by atoms with Gasteiger partial charge in [0.25, 0.3) is 5.91 Å². The molecule has 0 aliphatic rings. The molecular formula is C23H21FN4O3S. The van der Waals surface area contributed by atoms with Crippen LogP contribution >= 0.6 is 0 Å². The molecule has 3 heterocycles. The molecule has 0 saturated carbocycles. The predicted molar refractivity (Wildman–Crippen MR) is 119 cm³/mol. The van der Waals surface area contributed by atoms with Gasteiger partial charge in [-0.2, -0.15) is 0 Å². The van der Waals surface area contributed by atoms with E-state index >= 15 is 0 Å². The second kappa shape index (κ2) is 8.51. The third-order valence-electron chi connectivity index (χ3n) is 5.24. The van der Waals surface area contributed by atoms with Gasteiger partial charge in [-0.25, -0.2) is 12.8 Å².